The zero-order chi connectivity index (χ0) is 12.4. The van der Waals surface area contributed by atoms with Crippen molar-refractivity contribution in [1.29, 1.82) is 0 Å². The Morgan fingerprint density at radius 2 is 2.06 bits per heavy atom. The van der Waals surface area contributed by atoms with Crippen molar-refractivity contribution >= 4 is 20.0 Å². The van der Waals surface area contributed by atoms with Crippen LogP contribution < -0.4 is 9.86 Å². The topological polar surface area (TPSA) is 124 Å². The van der Waals surface area contributed by atoms with E-state index < -0.39 is 25.8 Å². The molecule has 10 heteroatoms. The van der Waals surface area contributed by atoms with E-state index in [1.807, 2.05) is 0 Å². The second-order valence-electron chi connectivity index (χ2n) is 3.06. The molecule has 0 fully saturated rings. The number of rotatable bonds is 5. The number of nitrogens with one attached hydrogen (secondary N) is 1. The zero-order valence-corrected chi connectivity index (χ0v) is 10.1. The average molecular weight is 268 g/mol. The molecular formula is C6H12N4O4S2. The highest BCUT2D eigenvalue weighted by atomic mass is 32.2. The molecule has 0 bridgehead atoms. The van der Waals surface area contributed by atoms with Crippen molar-refractivity contribution in [1.82, 2.24) is 14.5 Å². The Balaban J connectivity index is 2.72. The fraction of sp³-hybridized carbons (Fsp3) is 0.500. The predicted octanol–water partition coefficient (Wildman–Crippen LogP) is -2.01. The normalized spacial score (nSPS) is 12.9. The fourth-order valence-corrected chi connectivity index (χ4v) is 2.69. The van der Waals surface area contributed by atoms with Gasteiger partial charge in [0, 0.05) is 13.6 Å². The average Bonchev–Trinajstić information content (AvgIpc) is 2.48. The summed E-state index contributed by atoms with van der Waals surface area (Å²) < 4.78 is 47.7. The SMILES string of the molecule is Cn1nccc1S(=O)(=O)NCCS(N)(=O)=O. The lowest BCUT2D eigenvalue weighted by Gasteiger charge is -2.05. The molecular weight excluding hydrogens is 256 g/mol. The highest BCUT2D eigenvalue weighted by Crippen LogP contribution is 2.04. The Labute approximate surface area is 93.5 Å². The van der Waals surface area contributed by atoms with Gasteiger partial charge in [-0.15, -0.1) is 0 Å². The minimum absolute atomic E-state index is 0.0399. The van der Waals surface area contributed by atoms with Gasteiger partial charge in [-0.2, -0.15) is 5.10 Å². The Morgan fingerprint density at radius 1 is 1.44 bits per heavy atom. The van der Waals surface area contributed by atoms with Crippen molar-refractivity contribution in [2.24, 2.45) is 12.2 Å². The Kier molecular flexibility index (Phi) is 3.68. The highest BCUT2D eigenvalue weighted by Gasteiger charge is 2.17. The van der Waals surface area contributed by atoms with Gasteiger partial charge in [0.05, 0.1) is 11.9 Å². The summed E-state index contributed by atoms with van der Waals surface area (Å²) in [5, 5.41) is 8.39. The van der Waals surface area contributed by atoms with E-state index in [0.717, 1.165) is 0 Å². The third-order valence-electron chi connectivity index (χ3n) is 1.73. The molecule has 0 saturated carbocycles. The maximum absolute atomic E-state index is 11.6. The third kappa shape index (κ3) is 3.56. The minimum atomic E-state index is -3.74. The largest absolute Gasteiger partial charge is 0.257 e. The summed E-state index contributed by atoms with van der Waals surface area (Å²) in [5.41, 5.74) is 0. The molecule has 8 nitrogen and oxygen atoms in total. The maximum Gasteiger partial charge on any atom is 0.257 e. The number of sulfonamides is 2. The molecule has 1 rings (SSSR count). The number of aromatic nitrogens is 2. The van der Waals surface area contributed by atoms with E-state index in [1.165, 1.54) is 24.0 Å². The molecule has 0 spiro atoms. The highest BCUT2D eigenvalue weighted by molar-refractivity contribution is 7.90. The van der Waals surface area contributed by atoms with E-state index in [-0.39, 0.29) is 11.6 Å². The summed E-state index contributed by atoms with van der Waals surface area (Å²) in [4.78, 5) is 0. The van der Waals surface area contributed by atoms with E-state index in [1.54, 1.807) is 0 Å². The molecule has 1 aromatic heterocycles. The van der Waals surface area contributed by atoms with Gasteiger partial charge in [-0.1, -0.05) is 0 Å². The van der Waals surface area contributed by atoms with Crippen LogP contribution in [0.1, 0.15) is 0 Å². The molecule has 0 amide bonds. The Morgan fingerprint density at radius 3 is 2.50 bits per heavy atom. The smallest absolute Gasteiger partial charge is 0.256 e. The lowest BCUT2D eigenvalue weighted by Crippen LogP contribution is -2.32. The van der Waals surface area contributed by atoms with Crippen molar-refractivity contribution in [3.05, 3.63) is 12.3 Å². The van der Waals surface area contributed by atoms with Gasteiger partial charge in [-0.3, -0.25) is 4.68 Å². The maximum atomic E-state index is 11.6. The lowest BCUT2D eigenvalue weighted by molar-refractivity contribution is 0.564. The molecule has 3 N–H and O–H groups in total. The van der Waals surface area contributed by atoms with Crippen molar-refractivity contribution in [2.75, 3.05) is 12.3 Å². The van der Waals surface area contributed by atoms with Crippen molar-refractivity contribution in [2.45, 2.75) is 5.03 Å². The fourth-order valence-electron chi connectivity index (χ4n) is 1.02. The summed E-state index contributed by atoms with van der Waals surface area (Å²) in [6.07, 6.45) is 1.33. The third-order valence-corrected chi connectivity index (χ3v) is 4.04. The van der Waals surface area contributed by atoms with Gasteiger partial charge in [0.15, 0.2) is 5.03 Å². The first-order chi connectivity index (χ1) is 7.22. The van der Waals surface area contributed by atoms with E-state index in [2.05, 4.69) is 9.82 Å². The number of nitrogens with two attached hydrogens (primary N) is 1. The van der Waals surface area contributed by atoms with Crippen LogP contribution in [-0.4, -0.2) is 38.9 Å². The van der Waals surface area contributed by atoms with Gasteiger partial charge in [-0.25, -0.2) is 26.7 Å². The molecule has 0 aliphatic heterocycles. The Bertz CT molecular complexity index is 559. The monoisotopic (exact) mass is 268 g/mol. The number of hydrogen-bond acceptors (Lipinski definition) is 5. The Hall–Kier alpha value is -0.970. The summed E-state index contributed by atoms with van der Waals surface area (Å²) >= 11 is 0. The van der Waals surface area contributed by atoms with Crippen LogP contribution in [0, 0.1) is 0 Å². The van der Waals surface area contributed by atoms with Gasteiger partial charge < -0.3 is 0 Å². The molecule has 0 aliphatic carbocycles. The van der Waals surface area contributed by atoms with Crippen LogP contribution in [0.3, 0.4) is 0 Å². The molecule has 0 aromatic carbocycles. The molecule has 16 heavy (non-hydrogen) atoms. The van der Waals surface area contributed by atoms with Gasteiger partial charge in [0.1, 0.15) is 0 Å². The van der Waals surface area contributed by atoms with E-state index in [0.29, 0.717) is 0 Å². The summed E-state index contributed by atoms with van der Waals surface area (Å²) in [6.45, 7) is -0.271. The molecule has 0 unspecified atom stereocenters. The predicted molar refractivity (Wildman–Crippen MR) is 56.4 cm³/mol. The summed E-state index contributed by atoms with van der Waals surface area (Å²) in [6, 6.07) is 1.30. The second kappa shape index (κ2) is 4.49. The van der Waals surface area contributed by atoms with Crippen LogP contribution >= 0.6 is 0 Å². The molecule has 0 saturated heterocycles. The molecule has 0 atom stereocenters. The first kappa shape index (κ1) is 13.1. The number of primary sulfonamides is 1. The molecule has 0 radical (unpaired) electrons. The van der Waals surface area contributed by atoms with Crippen LogP contribution in [-0.2, 0) is 27.1 Å². The molecule has 92 valence electrons. The van der Waals surface area contributed by atoms with Crippen LogP contribution in [0.15, 0.2) is 17.3 Å². The number of aryl methyl sites for hydroxylation is 1. The quantitative estimate of drug-likeness (QED) is 0.638. The van der Waals surface area contributed by atoms with Gasteiger partial charge in [0.25, 0.3) is 10.0 Å². The number of nitrogens with zero attached hydrogens (tertiary/aromatic N) is 2. The van der Waals surface area contributed by atoms with Gasteiger partial charge in [-0.05, 0) is 6.07 Å². The molecule has 1 aromatic rings. The van der Waals surface area contributed by atoms with E-state index in [9.17, 15) is 16.8 Å². The van der Waals surface area contributed by atoms with Crippen molar-refractivity contribution in [3.63, 3.8) is 0 Å². The van der Waals surface area contributed by atoms with Crippen molar-refractivity contribution in [3.8, 4) is 0 Å². The van der Waals surface area contributed by atoms with Crippen LogP contribution in [0.25, 0.3) is 0 Å². The molecule has 0 aliphatic rings. The van der Waals surface area contributed by atoms with E-state index in [4.69, 9.17) is 5.14 Å². The second-order valence-corrected chi connectivity index (χ2v) is 6.51. The van der Waals surface area contributed by atoms with Crippen LogP contribution in [0.2, 0.25) is 0 Å². The van der Waals surface area contributed by atoms with Crippen LogP contribution in [0.4, 0.5) is 0 Å². The first-order valence-corrected chi connectivity index (χ1v) is 7.40. The van der Waals surface area contributed by atoms with Crippen LogP contribution in [0.5, 0.6) is 0 Å². The molecule has 1 heterocycles. The van der Waals surface area contributed by atoms with E-state index >= 15 is 0 Å². The zero-order valence-electron chi connectivity index (χ0n) is 8.49. The first-order valence-electron chi connectivity index (χ1n) is 4.20. The summed E-state index contributed by atoms with van der Waals surface area (Å²) in [5.74, 6) is -0.454. The minimum Gasteiger partial charge on any atom is -0.256 e. The lowest BCUT2D eigenvalue weighted by atomic mass is 10.7. The number of hydrogen-bond donors (Lipinski definition) is 2. The van der Waals surface area contributed by atoms with Crippen molar-refractivity contribution < 1.29 is 16.8 Å². The van der Waals surface area contributed by atoms with Gasteiger partial charge >= 0.3 is 0 Å². The van der Waals surface area contributed by atoms with Gasteiger partial charge in [0.2, 0.25) is 10.0 Å². The standard InChI is InChI=1S/C6H12N4O4S2/c1-10-6(2-3-8-10)16(13,14)9-4-5-15(7,11)12/h2-3,9H,4-5H2,1H3,(H2,7,11,12). The summed E-state index contributed by atoms with van der Waals surface area (Å²) in [7, 11) is -5.95.